The van der Waals surface area contributed by atoms with Gasteiger partial charge in [-0.1, -0.05) is 20.3 Å². The summed E-state index contributed by atoms with van der Waals surface area (Å²) in [5, 5.41) is 10.3. The highest BCUT2D eigenvalue weighted by molar-refractivity contribution is 5.96. The maximum absolute atomic E-state index is 13.4. The van der Waals surface area contributed by atoms with E-state index in [9.17, 15) is 14.4 Å². The maximum atomic E-state index is 13.4. The second-order valence-electron chi connectivity index (χ2n) is 10.7. The molecule has 194 valence electrons. The lowest BCUT2D eigenvalue weighted by Gasteiger charge is -2.45. The molecule has 10 heteroatoms. The summed E-state index contributed by atoms with van der Waals surface area (Å²) >= 11 is 0. The Balaban J connectivity index is 1.80. The highest BCUT2D eigenvalue weighted by Gasteiger charge is 2.43. The maximum Gasteiger partial charge on any atom is 0.407 e. The van der Waals surface area contributed by atoms with E-state index in [4.69, 9.17) is 10.5 Å². The Morgan fingerprint density at radius 1 is 1.26 bits per heavy atom. The SMILES string of the molecule is COC(=O)NC(C)(C)/C=C/n1ncc(C(=O)N[C@H]2C3CCCC2C[C@@H](C(N)=O)C3)c1OCC(C)C. The fraction of sp³-hybridized carbons (Fsp3) is 0.680. The standard InChI is InChI=1S/C25H39N5O5/c1-15(2)14-35-23-19(13-27-30(23)10-9-25(3,4)29-24(33)34-5)22(32)28-20-16-7-6-8-17(20)12-18(11-16)21(26)31/h9-10,13,15-18,20H,6-8,11-12,14H2,1-5H3,(H2,26,31)(H,28,32)(H,29,33)/b10-9+/t16?,17?,18-,20-. The van der Waals surface area contributed by atoms with E-state index in [0.717, 1.165) is 32.1 Å². The van der Waals surface area contributed by atoms with E-state index >= 15 is 0 Å². The minimum atomic E-state index is -0.715. The van der Waals surface area contributed by atoms with E-state index < -0.39 is 11.6 Å². The third-order valence-corrected chi connectivity index (χ3v) is 6.83. The third-order valence-electron chi connectivity index (χ3n) is 6.83. The first-order valence-electron chi connectivity index (χ1n) is 12.4. The zero-order valence-corrected chi connectivity index (χ0v) is 21.4. The van der Waals surface area contributed by atoms with Crippen molar-refractivity contribution < 1.29 is 23.9 Å². The van der Waals surface area contributed by atoms with Crippen molar-refractivity contribution >= 4 is 24.1 Å². The number of nitrogens with one attached hydrogen (secondary N) is 2. The number of nitrogens with two attached hydrogens (primary N) is 1. The number of rotatable bonds is 9. The fourth-order valence-electron chi connectivity index (χ4n) is 5.05. The minimum Gasteiger partial charge on any atom is -0.477 e. The number of methoxy groups -OCH3 is 1. The van der Waals surface area contributed by atoms with Crippen molar-refractivity contribution in [2.75, 3.05) is 13.7 Å². The molecule has 2 atom stereocenters. The van der Waals surface area contributed by atoms with Crippen molar-refractivity contribution in [3.63, 3.8) is 0 Å². The first kappa shape index (κ1) is 26.6. The van der Waals surface area contributed by atoms with Gasteiger partial charge < -0.3 is 25.8 Å². The van der Waals surface area contributed by atoms with Crippen LogP contribution in [0, 0.1) is 23.7 Å². The molecule has 2 unspecified atom stereocenters. The van der Waals surface area contributed by atoms with Crippen molar-refractivity contribution in [3.8, 4) is 5.88 Å². The number of carbonyl (C=O) groups is 3. The van der Waals surface area contributed by atoms with Crippen LogP contribution in [0.4, 0.5) is 4.79 Å². The third kappa shape index (κ3) is 6.76. The molecule has 2 fully saturated rings. The first-order valence-corrected chi connectivity index (χ1v) is 12.4. The lowest BCUT2D eigenvalue weighted by atomic mass is 9.64. The summed E-state index contributed by atoms with van der Waals surface area (Å²) in [5.74, 6) is 0.478. The van der Waals surface area contributed by atoms with Crippen molar-refractivity contribution in [3.05, 3.63) is 17.8 Å². The second kappa shape index (κ2) is 11.1. The molecule has 0 aliphatic heterocycles. The van der Waals surface area contributed by atoms with Gasteiger partial charge in [-0.05, 0) is 63.4 Å². The van der Waals surface area contributed by atoms with Gasteiger partial charge >= 0.3 is 6.09 Å². The molecular formula is C25H39N5O5. The molecule has 3 rings (SSSR count). The fourth-order valence-corrected chi connectivity index (χ4v) is 5.05. The molecule has 1 aromatic heterocycles. The first-order chi connectivity index (χ1) is 16.5. The second-order valence-corrected chi connectivity index (χ2v) is 10.7. The van der Waals surface area contributed by atoms with Crippen LogP contribution in [0.2, 0.25) is 0 Å². The number of aromatic nitrogens is 2. The predicted molar refractivity (Wildman–Crippen MR) is 132 cm³/mol. The summed E-state index contributed by atoms with van der Waals surface area (Å²) in [6, 6.07) is 0.00637. The molecule has 0 aromatic carbocycles. The number of hydrogen-bond donors (Lipinski definition) is 3. The zero-order valence-electron chi connectivity index (χ0n) is 21.4. The normalized spacial score (nSPS) is 24.3. The van der Waals surface area contributed by atoms with Gasteiger partial charge in [0.15, 0.2) is 0 Å². The summed E-state index contributed by atoms with van der Waals surface area (Å²) in [6.45, 7) is 8.09. The van der Waals surface area contributed by atoms with Gasteiger partial charge in [-0.3, -0.25) is 9.59 Å². The molecule has 2 saturated carbocycles. The number of alkyl carbamates (subject to hydrolysis) is 1. The number of amides is 3. The van der Waals surface area contributed by atoms with Crippen molar-refractivity contribution in [1.29, 1.82) is 0 Å². The molecule has 1 heterocycles. The van der Waals surface area contributed by atoms with E-state index in [1.807, 2.05) is 27.7 Å². The van der Waals surface area contributed by atoms with E-state index in [-0.39, 0.29) is 41.5 Å². The number of ether oxygens (including phenoxy) is 2. The summed E-state index contributed by atoms with van der Waals surface area (Å²) in [5.41, 5.74) is 5.23. The number of nitrogens with zero attached hydrogens (tertiary/aromatic N) is 2. The summed E-state index contributed by atoms with van der Waals surface area (Å²) < 4.78 is 12.2. The van der Waals surface area contributed by atoms with E-state index in [2.05, 4.69) is 20.5 Å². The van der Waals surface area contributed by atoms with Gasteiger partial charge in [-0.15, -0.1) is 0 Å². The van der Waals surface area contributed by atoms with Crippen LogP contribution in [0.25, 0.3) is 6.20 Å². The molecule has 2 aliphatic carbocycles. The highest BCUT2D eigenvalue weighted by atomic mass is 16.5. The van der Waals surface area contributed by atoms with Crippen LogP contribution >= 0.6 is 0 Å². The van der Waals surface area contributed by atoms with Crippen molar-refractivity contribution in [2.24, 2.45) is 29.4 Å². The van der Waals surface area contributed by atoms with E-state index in [1.54, 1.807) is 12.3 Å². The van der Waals surface area contributed by atoms with Crippen LogP contribution in [-0.2, 0) is 9.53 Å². The Bertz CT molecular complexity index is 940. The van der Waals surface area contributed by atoms with Crippen LogP contribution in [0.3, 0.4) is 0 Å². The molecular weight excluding hydrogens is 450 g/mol. The van der Waals surface area contributed by atoms with Gasteiger partial charge in [0.1, 0.15) is 5.56 Å². The van der Waals surface area contributed by atoms with Gasteiger partial charge in [-0.25, -0.2) is 9.48 Å². The number of carbonyl (C=O) groups excluding carboxylic acids is 3. The predicted octanol–water partition coefficient (Wildman–Crippen LogP) is 2.93. The van der Waals surface area contributed by atoms with Gasteiger partial charge in [0.25, 0.3) is 5.91 Å². The minimum absolute atomic E-state index is 0.00637. The van der Waals surface area contributed by atoms with Gasteiger partial charge in [0.2, 0.25) is 11.8 Å². The summed E-state index contributed by atoms with van der Waals surface area (Å²) in [6.07, 6.45) is 8.86. The van der Waals surface area contributed by atoms with Crippen molar-refractivity contribution in [2.45, 2.75) is 71.4 Å². The molecule has 1 aromatic rings. The lowest BCUT2D eigenvalue weighted by Crippen LogP contribution is -2.52. The Hall–Kier alpha value is -3.04. The molecule has 2 bridgehead atoms. The van der Waals surface area contributed by atoms with Gasteiger partial charge in [0.05, 0.1) is 25.5 Å². The molecule has 35 heavy (non-hydrogen) atoms. The Morgan fingerprint density at radius 3 is 2.49 bits per heavy atom. The van der Waals surface area contributed by atoms with Crippen molar-refractivity contribution in [1.82, 2.24) is 20.4 Å². The largest absolute Gasteiger partial charge is 0.477 e. The highest BCUT2D eigenvalue weighted by Crippen LogP contribution is 2.43. The van der Waals surface area contributed by atoms with Crippen LogP contribution < -0.4 is 21.1 Å². The smallest absolute Gasteiger partial charge is 0.407 e. The van der Waals surface area contributed by atoms with Crippen LogP contribution in [-0.4, -0.2) is 53.0 Å². The monoisotopic (exact) mass is 489 g/mol. The van der Waals surface area contributed by atoms with Gasteiger partial charge in [0, 0.05) is 18.2 Å². The number of hydrogen-bond acceptors (Lipinski definition) is 6. The quantitative estimate of drug-likeness (QED) is 0.488. The molecule has 0 radical (unpaired) electrons. The van der Waals surface area contributed by atoms with Gasteiger partial charge in [-0.2, -0.15) is 5.10 Å². The van der Waals surface area contributed by atoms with Crippen LogP contribution in [0.5, 0.6) is 5.88 Å². The molecule has 0 saturated heterocycles. The zero-order chi connectivity index (χ0) is 25.8. The summed E-state index contributed by atoms with van der Waals surface area (Å²) in [4.78, 5) is 36.8. The molecule has 4 N–H and O–H groups in total. The van der Waals surface area contributed by atoms with E-state index in [0.29, 0.717) is 18.1 Å². The Labute approximate surface area is 207 Å². The topological polar surface area (TPSA) is 138 Å². The van der Waals surface area contributed by atoms with Crippen LogP contribution in [0.15, 0.2) is 12.3 Å². The number of primary amides is 1. The lowest BCUT2D eigenvalue weighted by molar-refractivity contribution is -0.124. The average molecular weight is 490 g/mol. The molecule has 0 spiro atoms. The molecule has 2 aliphatic rings. The Kier molecular flexibility index (Phi) is 8.45. The Morgan fingerprint density at radius 2 is 1.91 bits per heavy atom. The van der Waals surface area contributed by atoms with E-state index in [1.165, 1.54) is 18.0 Å². The average Bonchev–Trinajstić information content (AvgIpc) is 3.18. The van der Waals surface area contributed by atoms with Crippen LogP contribution in [0.1, 0.15) is 70.2 Å². The number of fused-ring (bicyclic) bond motifs is 2. The molecule has 10 nitrogen and oxygen atoms in total. The summed E-state index contributed by atoms with van der Waals surface area (Å²) in [7, 11) is 1.31. The molecule has 3 amide bonds.